The van der Waals surface area contributed by atoms with Crippen molar-refractivity contribution in [3.05, 3.63) is 61.6 Å². The van der Waals surface area contributed by atoms with Crippen LogP contribution < -0.4 is 15.0 Å². The van der Waals surface area contributed by atoms with E-state index in [9.17, 15) is 14.4 Å². The first-order valence-electron chi connectivity index (χ1n) is 8.68. The normalized spacial score (nSPS) is 15.1. The van der Waals surface area contributed by atoms with Crippen molar-refractivity contribution in [2.75, 3.05) is 18.6 Å². The van der Waals surface area contributed by atoms with Crippen LogP contribution in [-0.2, 0) is 19.1 Å². The number of halogens is 4. The fourth-order valence-corrected chi connectivity index (χ4v) is 3.97. The van der Waals surface area contributed by atoms with E-state index in [2.05, 4.69) is 10.1 Å². The molecule has 2 aromatic rings. The minimum Gasteiger partial charge on any atom is -0.479 e. The van der Waals surface area contributed by atoms with E-state index in [0.29, 0.717) is 5.56 Å². The molecule has 0 spiro atoms. The van der Waals surface area contributed by atoms with Gasteiger partial charge < -0.3 is 9.47 Å². The van der Waals surface area contributed by atoms with Crippen LogP contribution in [0, 0.1) is 0 Å². The van der Waals surface area contributed by atoms with Gasteiger partial charge in [0.2, 0.25) is 0 Å². The van der Waals surface area contributed by atoms with E-state index >= 15 is 0 Å². The molecule has 1 aliphatic heterocycles. The van der Waals surface area contributed by atoms with Crippen molar-refractivity contribution in [1.82, 2.24) is 5.32 Å². The second-order valence-corrected chi connectivity index (χ2v) is 8.20. The molecule has 12 heteroatoms. The predicted molar refractivity (Wildman–Crippen MR) is 127 cm³/mol. The number of carbonyl (C=O) groups is 3. The molecule has 3 rings (SSSR count). The van der Waals surface area contributed by atoms with Gasteiger partial charge in [-0.15, -0.1) is 0 Å². The molecule has 1 heterocycles. The molecule has 0 saturated carbocycles. The smallest absolute Gasteiger partial charge is 0.343 e. The highest BCUT2D eigenvalue weighted by Gasteiger charge is 2.35. The molecule has 7 nitrogen and oxygen atoms in total. The Balaban J connectivity index is 1.97. The Morgan fingerprint density at radius 3 is 2.41 bits per heavy atom. The first kappa shape index (κ1) is 24.3. The maximum atomic E-state index is 13.1. The summed E-state index contributed by atoms with van der Waals surface area (Å²) in [6.45, 7) is -0.399. The third-order valence-electron chi connectivity index (χ3n) is 4.17. The number of hydrogen-bond donors (Lipinski definition) is 1. The quantitative estimate of drug-likeness (QED) is 0.260. The van der Waals surface area contributed by atoms with Gasteiger partial charge in [0.25, 0.3) is 11.8 Å². The zero-order chi connectivity index (χ0) is 23.6. The number of hydrogen-bond acceptors (Lipinski definition) is 6. The van der Waals surface area contributed by atoms with Crippen LogP contribution in [0.1, 0.15) is 5.56 Å². The number of carbonyl (C=O) groups excluding carboxylic acids is 3. The molecule has 0 unspecified atom stereocenters. The number of methoxy groups -OCH3 is 1. The number of rotatable bonds is 5. The van der Waals surface area contributed by atoms with Crippen LogP contribution in [0.3, 0.4) is 0 Å². The minimum absolute atomic E-state index is 0.0498. The third-order valence-corrected chi connectivity index (χ3v) is 5.82. The van der Waals surface area contributed by atoms with Crippen LogP contribution in [0.4, 0.5) is 5.69 Å². The lowest BCUT2D eigenvalue weighted by atomic mass is 10.1. The summed E-state index contributed by atoms with van der Waals surface area (Å²) >= 11 is 29.8. The molecule has 1 saturated heterocycles. The molecule has 32 heavy (non-hydrogen) atoms. The minimum atomic E-state index is -0.721. The van der Waals surface area contributed by atoms with Gasteiger partial charge in [-0.25, -0.2) is 4.79 Å². The van der Waals surface area contributed by atoms with Gasteiger partial charge in [-0.3, -0.25) is 19.8 Å². The van der Waals surface area contributed by atoms with E-state index in [1.807, 2.05) is 0 Å². The van der Waals surface area contributed by atoms with Crippen molar-refractivity contribution in [3.8, 4) is 5.75 Å². The number of amides is 2. The number of ether oxygens (including phenoxy) is 2. The Kier molecular flexibility index (Phi) is 7.63. The van der Waals surface area contributed by atoms with Crippen molar-refractivity contribution >= 4 is 93.3 Å². The van der Waals surface area contributed by atoms with E-state index in [1.165, 1.54) is 31.4 Å². The largest absolute Gasteiger partial charge is 0.479 e. The molecular weight excluding hydrogens is 522 g/mol. The molecular formula is C20H12Cl4N2O5S. The Hall–Kier alpha value is -2.36. The first-order chi connectivity index (χ1) is 15.1. The predicted octanol–water partition coefficient (Wildman–Crippen LogP) is 4.68. The summed E-state index contributed by atoms with van der Waals surface area (Å²) in [6, 6.07) is 7.50. The number of thiocarbonyl (C=S) groups is 1. The van der Waals surface area contributed by atoms with Gasteiger partial charge in [-0.05, 0) is 48.1 Å². The van der Waals surface area contributed by atoms with E-state index in [-0.39, 0.29) is 42.2 Å². The molecule has 0 aromatic heterocycles. The summed E-state index contributed by atoms with van der Waals surface area (Å²) in [5, 5.41) is 2.71. The summed E-state index contributed by atoms with van der Waals surface area (Å²) in [7, 11) is 1.21. The standard InChI is InChI=1S/C20H12Cl4N2O5S/c1-30-15(27)8-31-17-12(22)6-9(7-13(17)23)5-10-18(28)25-20(32)26(19(10)29)14-4-2-3-11(21)16(14)24/h2-7H,8H2,1H3,(H,25,28,32)/b10-5+. The molecule has 2 amide bonds. The van der Waals surface area contributed by atoms with Crippen molar-refractivity contribution < 1.29 is 23.9 Å². The van der Waals surface area contributed by atoms with Crippen LogP contribution in [0.2, 0.25) is 20.1 Å². The van der Waals surface area contributed by atoms with Gasteiger partial charge >= 0.3 is 5.97 Å². The maximum Gasteiger partial charge on any atom is 0.343 e. The maximum absolute atomic E-state index is 13.1. The summed E-state index contributed by atoms with van der Waals surface area (Å²) in [5.41, 5.74) is 0.293. The lowest BCUT2D eigenvalue weighted by molar-refractivity contribution is -0.142. The highest BCUT2D eigenvalue weighted by atomic mass is 35.5. The van der Waals surface area contributed by atoms with Gasteiger partial charge in [-0.1, -0.05) is 52.5 Å². The lowest BCUT2D eigenvalue weighted by Gasteiger charge is -2.29. The average Bonchev–Trinajstić information content (AvgIpc) is 2.73. The number of esters is 1. The third kappa shape index (κ3) is 5.00. The fourth-order valence-electron chi connectivity index (χ4n) is 2.70. The second kappa shape index (κ2) is 10.1. The highest BCUT2D eigenvalue weighted by molar-refractivity contribution is 7.80. The topological polar surface area (TPSA) is 84.9 Å². The zero-order valence-electron chi connectivity index (χ0n) is 16.1. The lowest BCUT2D eigenvalue weighted by Crippen LogP contribution is -2.54. The molecule has 0 aliphatic carbocycles. The number of benzene rings is 2. The van der Waals surface area contributed by atoms with Crippen molar-refractivity contribution in [3.63, 3.8) is 0 Å². The van der Waals surface area contributed by atoms with Crippen LogP contribution >= 0.6 is 58.6 Å². The van der Waals surface area contributed by atoms with Gasteiger partial charge in [-0.2, -0.15) is 0 Å². The summed E-state index contributed by atoms with van der Waals surface area (Å²) in [5.74, 6) is -2.01. The molecule has 1 fully saturated rings. The fraction of sp³-hybridized carbons (Fsp3) is 0.100. The molecule has 166 valence electrons. The molecule has 0 bridgehead atoms. The van der Waals surface area contributed by atoms with E-state index < -0.39 is 24.4 Å². The molecule has 2 aromatic carbocycles. The molecule has 1 aliphatic rings. The molecule has 1 N–H and O–H groups in total. The zero-order valence-corrected chi connectivity index (χ0v) is 19.9. The second-order valence-electron chi connectivity index (χ2n) is 6.21. The van der Waals surface area contributed by atoms with E-state index in [4.69, 9.17) is 63.4 Å². The van der Waals surface area contributed by atoms with E-state index in [0.717, 1.165) is 4.90 Å². The average molecular weight is 534 g/mol. The highest BCUT2D eigenvalue weighted by Crippen LogP contribution is 2.36. The monoisotopic (exact) mass is 532 g/mol. The van der Waals surface area contributed by atoms with Crippen molar-refractivity contribution in [1.29, 1.82) is 0 Å². The Morgan fingerprint density at radius 2 is 1.78 bits per heavy atom. The molecule has 0 radical (unpaired) electrons. The first-order valence-corrected chi connectivity index (χ1v) is 10.6. The van der Waals surface area contributed by atoms with Crippen molar-refractivity contribution in [2.45, 2.75) is 0 Å². The van der Waals surface area contributed by atoms with Gasteiger partial charge in [0.05, 0.1) is 32.9 Å². The summed E-state index contributed by atoms with van der Waals surface area (Å²) in [6.07, 6.45) is 1.28. The van der Waals surface area contributed by atoms with Crippen LogP contribution in [0.5, 0.6) is 5.75 Å². The van der Waals surface area contributed by atoms with Crippen LogP contribution in [0.25, 0.3) is 6.08 Å². The number of anilines is 1. The Labute approximate surface area is 207 Å². The summed E-state index contributed by atoms with van der Waals surface area (Å²) in [4.78, 5) is 37.9. The summed E-state index contributed by atoms with van der Waals surface area (Å²) < 4.78 is 9.76. The number of nitrogens with one attached hydrogen (secondary N) is 1. The van der Waals surface area contributed by atoms with Crippen LogP contribution in [-0.4, -0.2) is 36.6 Å². The van der Waals surface area contributed by atoms with Gasteiger partial charge in [0.1, 0.15) is 5.57 Å². The number of nitrogens with zero attached hydrogens (tertiary/aromatic N) is 1. The van der Waals surface area contributed by atoms with Gasteiger partial charge in [0, 0.05) is 0 Å². The van der Waals surface area contributed by atoms with Gasteiger partial charge in [0.15, 0.2) is 17.5 Å². The van der Waals surface area contributed by atoms with Crippen molar-refractivity contribution in [2.24, 2.45) is 0 Å². The molecule has 0 atom stereocenters. The SMILES string of the molecule is COC(=O)COc1c(Cl)cc(/C=C2\C(=O)NC(=S)N(c3cccc(Cl)c3Cl)C2=O)cc1Cl. The Bertz CT molecular complexity index is 1160. The van der Waals surface area contributed by atoms with E-state index in [1.54, 1.807) is 12.1 Å². The Morgan fingerprint density at radius 1 is 1.12 bits per heavy atom. The van der Waals surface area contributed by atoms with Crippen LogP contribution in [0.15, 0.2) is 35.9 Å².